The number of halogens is 3. The fraction of sp³-hybridized carbons (Fsp3) is 0.556. The van der Waals surface area contributed by atoms with Crippen LogP contribution in [-0.4, -0.2) is 27.7 Å². The van der Waals surface area contributed by atoms with Gasteiger partial charge in [-0.2, -0.15) is 17.9 Å². The lowest BCUT2D eigenvalue weighted by Crippen LogP contribution is -2.33. The van der Waals surface area contributed by atoms with Crippen LogP contribution in [0.1, 0.15) is 12.7 Å². The minimum atomic E-state index is -4.60. The molecule has 1 rings (SSSR count). The summed E-state index contributed by atoms with van der Waals surface area (Å²) in [6, 6.07) is 2.51. The first-order chi connectivity index (χ1) is 8.24. The van der Waals surface area contributed by atoms with Gasteiger partial charge in [-0.25, -0.2) is 8.42 Å². The van der Waals surface area contributed by atoms with Crippen LogP contribution in [-0.2, 0) is 16.6 Å². The zero-order valence-electron chi connectivity index (χ0n) is 9.54. The Balaban J connectivity index is 2.70. The van der Waals surface area contributed by atoms with Gasteiger partial charge in [0.05, 0.1) is 6.54 Å². The summed E-state index contributed by atoms with van der Waals surface area (Å²) in [7, 11) is -4.26. The number of sulfonamides is 1. The molecule has 0 fully saturated rings. The predicted molar refractivity (Wildman–Crippen MR) is 57.3 cm³/mol. The first kappa shape index (κ1) is 15.0. The van der Waals surface area contributed by atoms with Crippen molar-refractivity contribution >= 4 is 10.0 Å². The molecule has 1 aromatic rings. The number of nitrogens with one attached hydrogen (secondary N) is 2. The SMILES string of the molecule is CCNCc1ccc(S(=O)(=O)NCC(F)(F)F)o1. The highest BCUT2D eigenvalue weighted by atomic mass is 32.2. The van der Waals surface area contributed by atoms with E-state index < -0.39 is 27.8 Å². The zero-order chi connectivity index (χ0) is 13.8. The largest absolute Gasteiger partial charge is 0.447 e. The third-order valence-corrected chi connectivity index (χ3v) is 3.19. The Morgan fingerprint density at radius 3 is 2.56 bits per heavy atom. The highest BCUT2D eigenvalue weighted by Gasteiger charge is 2.31. The van der Waals surface area contributed by atoms with Crippen molar-refractivity contribution in [2.24, 2.45) is 0 Å². The lowest BCUT2D eigenvalue weighted by atomic mass is 10.4. The zero-order valence-corrected chi connectivity index (χ0v) is 10.4. The summed E-state index contributed by atoms with van der Waals surface area (Å²) in [5.74, 6) is 0.337. The number of hydrogen-bond acceptors (Lipinski definition) is 4. The molecule has 1 heterocycles. The van der Waals surface area contributed by atoms with Crippen molar-refractivity contribution in [1.29, 1.82) is 0 Å². The fourth-order valence-electron chi connectivity index (χ4n) is 1.09. The molecule has 0 aliphatic heterocycles. The van der Waals surface area contributed by atoms with Gasteiger partial charge in [-0.3, -0.25) is 0 Å². The van der Waals surface area contributed by atoms with Crippen molar-refractivity contribution in [3.63, 3.8) is 0 Å². The van der Waals surface area contributed by atoms with Gasteiger partial charge in [0, 0.05) is 0 Å². The maximum atomic E-state index is 11.9. The van der Waals surface area contributed by atoms with Gasteiger partial charge in [-0.05, 0) is 18.7 Å². The van der Waals surface area contributed by atoms with Crippen LogP contribution in [0, 0.1) is 0 Å². The van der Waals surface area contributed by atoms with Gasteiger partial charge in [0.25, 0.3) is 10.0 Å². The molecular weight excluding hydrogens is 273 g/mol. The van der Waals surface area contributed by atoms with Gasteiger partial charge < -0.3 is 9.73 Å². The molecule has 1 aromatic heterocycles. The van der Waals surface area contributed by atoms with E-state index in [2.05, 4.69) is 5.32 Å². The van der Waals surface area contributed by atoms with Gasteiger partial charge in [0.2, 0.25) is 5.09 Å². The molecule has 9 heteroatoms. The molecule has 2 N–H and O–H groups in total. The summed E-state index contributed by atoms with van der Waals surface area (Å²) in [4.78, 5) is 0. The van der Waals surface area contributed by atoms with Gasteiger partial charge in [0.15, 0.2) is 0 Å². The monoisotopic (exact) mass is 286 g/mol. The molecule has 0 aromatic carbocycles. The van der Waals surface area contributed by atoms with Crippen molar-refractivity contribution in [1.82, 2.24) is 10.0 Å². The normalized spacial score (nSPS) is 12.9. The molecule has 0 aliphatic rings. The van der Waals surface area contributed by atoms with E-state index in [0.29, 0.717) is 18.8 Å². The fourth-order valence-corrected chi connectivity index (χ4v) is 2.05. The second kappa shape index (κ2) is 5.72. The average molecular weight is 286 g/mol. The van der Waals surface area contributed by atoms with E-state index in [9.17, 15) is 21.6 Å². The molecule has 5 nitrogen and oxygen atoms in total. The highest BCUT2D eigenvalue weighted by Crippen LogP contribution is 2.17. The molecular formula is C9H13F3N2O3S. The second-order valence-corrected chi connectivity index (χ2v) is 5.14. The van der Waals surface area contributed by atoms with Crippen molar-refractivity contribution in [3.05, 3.63) is 17.9 Å². The van der Waals surface area contributed by atoms with E-state index in [1.54, 1.807) is 0 Å². The van der Waals surface area contributed by atoms with Crippen LogP contribution >= 0.6 is 0 Å². The molecule has 18 heavy (non-hydrogen) atoms. The Labute approximate surface area is 102 Å². The van der Waals surface area contributed by atoms with E-state index in [1.807, 2.05) is 6.92 Å². The Morgan fingerprint density at radius 2 is 2.00 bits per heavy atom. The van der Waals surface area contributed by atoms with Gasteiger partial charge >= 0.3 is 6.18 Å². The van der Waals surface area contributed by atoms with Crippen LogP contribution < -0.4 is 10.0 Å². The number of rotatable bonds is 6. The van der Waals surface area contributed by atoms with Gasteiger partial charge in [-0.1, -0.05) is 6.92 Å². The number of furan rings is 1. The van der Waals surface area contributed by atoms with E-state index in [-0.39, 0.29) is 0 Å². The Hall–Kier alpha value is -1.06. The molecule has 0 saturated carbocycles. The Bertz CT molecular complexity index is 481. The second-order valence-electron chi connectivity index (χ2n) is 3.44. The Kier molecular flexibility index (Phi) is 4.77. The van der Waals surface area contributed by atoms with Crippen LogP contribution in [0.3, 0.4) is 0 Å². The standard InChI is InChI=1S/C9H13F3N2O3S/c1-2-13-5-7-3-4-8(17-7)18(15,16)14-6-9(10,11)12/h3-4,13-14H,2,5-6H2,1H3. The maximum Gasteiger partial charge on any atom is 0.402 e. The summed E-state index contributed by atoms with van der Waals surface area (Å²) < 4.78 is 65.0. The van der Waals surface area contributed by atoms with E-state index >= 15 is 0 Å². The van der Waals surface area contributed by atoms with Crippen molar-refractivity contribution < 1.29 is 26.0 Å². The first-order valence-electron chi connectivity index (χ1n) is 5.10. The summed E-state index contributed by atoms with van der Waals surface area (Å²) in [5, 5.41) is 2.37. The van der Waals surface area contributed by atoms with Crippen LogP contribution in [0.2, 0.25) is 0 Å². The summed E-state index contributed by atoms with van der Waals surface area (Å²) >= 11 is 0. The van der Waals surface area contributed by atoms with Crippen molar-refractivity contribution in [2.45, 2.75) is 24.7 Å². The molecule has 0 unspecified atom stereocenters. The third-order valence-electron chi connectivity index (χ3n) is 1.91. The minimum Gasteiger partial charge on any atom is -0.447 e. The van der Waals surface area contributed by atoms with Crippen molar-refractivity contribution in [2.75, 3.05) is 13.1 Å². The number of alkyl halides is 3. The average Bonchev–Trinajstić information content (AvgIpc) is 2.72. The van der Waals surface area contributed by atoms with Crippen LogP contribution in [0.5, 0.6) is 0 Å². The topological polar surface area (TPSA) is 71.3 Å². The third kappa shape index (κ3) is 4.67. The lowest BCUT2D eigenvalue weighted by molar-refractivity contribution is -0.121. The van der Waals surface area contributed by atoms with Crippen LogP contribution in [0.25, 0.3) is 0 Å². The molecule has 0 bridgehead atoms. The van der Waals surface area contributed by atoms with Crippen LogP contribution in [0.4, 0.5) is 13.2 Å². The van der Waals surface area contributed by atoms with E-state index in [4.69, 9.17) is 4.42 Å². The number of hydrogen-bond donors (Lipinski definition) is 2. The minimum absolute atomic E-state index is 0.311. The van der Waals surface area contributed by atoms with E-state index in [1.165, 1.54) is 10.8 Å². The maximum absolute atomic E-state index is 11.9. The van der Waals surface area contributed by atoms with Crippen molar-refractivity contribution in [3.8, 4) is 0 Å². The smallest absolute Gasteiger partial charge is 0.402 e. The quantitative estimate of drug-likeness (QED) is 0.825. The predicted octanol–water partition coefficient (Wildman–Crippen LogP) is 1.23. The van der Waals surface area contributed by atoms with Crippen LogP contribution in [0.15, 0.2) is 21.6 Å². The summed E-state index contributed by atoms with van der Waals surface area (Å²) in [5.41, 5.74) is 0. The lowest BCUT2D eigenvalue weighted by Gasteiger charge is -2.07. The Morgan fingerprint density at radius 1 is 1.33 bits per heavy atom. The highest BCUT2D eigenvalue weighted by molar-refractivity contribution is 7.89. The molecule has 0 atom stereocenters. The summed E-state index contributed by atoms with van der Waals surface area (Å²) in [6.45, 7) is 1.20. The molecule has 0 saturated heterocycles. The summed E-state index contributed by atoms with van der Waals surface area (Å²) in [6.07, 6.45) is -4.60. The molecule has 0 radical (unpaired) electrons. The molecule has 0 amide bonds. The molecule has 0 spiro atoms. The van der Waals surface area contributed by atoms with Gasteiger partial charge in [-0.15, -0.1) is 0 Å². The van der Waals surface area contributed by atoms with E-state index in [0.717, 1.165) is 6.07 Å². The first-order valence-corrected chi connectivity index (χ1v) is 6.59. The molecule has 104 valence electrons. The molecule has 0 aliphatic carbocycles. The van der Waals surface area contributed by atoms with Gasteiger partial charge in [0.1, 0.15) is 12.3 Å².